The van der Waals surface area contributed by atoms with Gasteiger partial charge in [0.2, 0.25) is 0 Å². The average Bonchev–Trinajstić information content (AvgIpc) is 2.86. The number of hydrogen-bond donors (Lipinski definition) is 1. The highest BCUT2D eigenvalue weighted by molar-refractivity contribution is 4.84. The third-order valence-electron chi connectivity index (χ3n) is 3.66. The molecule has 0 radical (unpaired) electrons. The molecule has 0 aromatic rings. The van der Waals surface area contributed by atoms with Gasteiger partial charge in [-0.25, -0.2) is 0 Å². The van der Waals surface area contributed by atoms with Crippen molar-refractivity contribution < 1.29 is 4.74 Å². The SMILES string of the molecule is CCC(NC1CCCC1)C1CCCO1. The van der Waals surface area contributed by atoms with Crippen LogP contribution in [0.1, 0.15) is 51.9 Å². The monoisotopic (exact) mass is 197 g/mol. The second-order valence-corrected chi connectivity index (χ2v) is 4.71. The molecule has 2 atom stereocenters. The van der Waals surface area contributed by atoms with Gasteiger partial charge in [0.1, 0.15) is 0 Å². The van der Waals surface area contributed by atoms with Crippen LogP contribution in [0.25, 0.3) is 0 Å². The summed E-state index contributed by atoms with van der Waals surface area (Å²) in [5.41, 5.74) is 0. The Bertz CT molecular complexity index is 160. The molecule has 14 heavy (non-hydrogen) atoms. The highest BCUT2D eigenvalue weighted by Gasteiger charge is 2.27. The molecule has 2 rings (SSSR count). The third-order valence-corrected chi connectivity index (χ3v) is 3.66. The predicted molar refractivity (Wildman–Crippen MR) is 58.4 cm³/mol. The largest absolute Gasteiger partial charge is 0.377 e. The van der Waals surface area contributed by atoms with Gasteiger partial charge in [0.15, 0.2) is 0 Å². The van der Waals surface area contributed by atoms with Crippen LogP contribution in [0.4, 0.5) is 0 Å². The highest BCUT2D eigenvalue weighted by Crippen LogP contribution is 2.22. The predicted octanol–water partition coefficient (Wildman–Crippen LogP) is 2.48. The third kappa shape index (κ3) is 2.48. The average molecular weight is 197 g/mol. The molecule has 0 bridgehead atoms. The number of nitrogens with one attached hydrogen (secondary N) is 1. The van der Waals surface area contributed by atoms with Crippen molar-refractivity contribution in [2.24, 2.45) is 0 Å². The topological polar surface area (TPSA) is 21.3 Å². The molecule has 1 aliphatic heterocycles. The molecule has 2 fully saturated rings. The zero-order valence-electron chi connectivity index (χ0n) is 9.30. The minimum Gasteiger partial charge on any atom is -0.377 e. The fourth-order valence-corrected chi connectivity index (χ4v) is 2.80. The molecule has 2 aliphatic rings. The molecule has 1 saturated carbocycles. The first-order valence-corrected chi connectivity index (χ1v) is 6.28. The van der Waals surface area contributed by atoms with E-state index in [1.54, 1.807) is 0 Å². The summed E-state index contributed by atoms with van der Waals surface area (Å²) in [4.78, 5) is 0. The second-order valence-electron chi connectivity index (χ2n) is 4.71. The maximum atomic E-state index is 5.75. The van der Waals surface area contributed by atoms with Gasteiger partial charge in [-0.3, -0.25) is 0 Å². The van der Waals surface area contributed by atoms with Crippen LogP contribution >= 0.6 is 0 Å². The van der Waals surface area contributed by atoms with Crippen molar-refractivity contribution in [3.8, 4) is 0 Å². The van der Waals surface area contributed by atoms with Gasteiger partial charge >= 0.3 is 0 Å². The smallest absolute Gasteiger partial charge is 0.0728 e. The van der Waals surface area contributed by atoms with E-state index in [2.05, 4.69) is 12.2 Å². The highest BCUT2D eigenvalue weighted by atomic mass is 16.5. The lowest BCUT2D eigenvalue weighted by Crippen LogP contribution is -2.43. The van der Waals surface area contributed by atoms with E-state index in [0.717, 1.165) is 12.6 Å². The molecule has 1 N–H and O–H groups in total. The summed E-state index contributed by atoms with van der Waals surface area (Å²) in [7, 11) is 0. The summed E-state index contributed by atoms with van der Waals surface area (Å²) >= 11 is 0. The van der Waals surface area contributed by atoms with Crippen molar-refractivity contribution in [1.29, 1.82) is 0 Å². The van der Waals surface area contributed by atoms with Gasteiger partial charge < -0.3 is 10.1 Å². The Morgan fingerprint density at radius 1 is 1.21 bits per heavy atom. The van der Waals surface area contributed by atoms with E-state index >= 15 is 0 Å². The summed E-state index contributed by atoms with van der Waals surface area (Å²) in [5, 5.41) is 3.78. The van der Waals surface area contributed by atoms with E-state index in [4.69, 9.17) is 4.74 Å². The van der Waals surface area contributed by atoms with Crippen molar-refractivity contribution in [2.45, 2.75) is 70.1 Å². The first kappa shape index (κ1) is 10.4. The van der Waals surface area contributed by atoms with E-state index in [-0.39, 0.29) is 0 Å². The fraction of sp³-hybridized carbons (Fsp3) is 1.00. The van der Waals surface area contributed by atoms with Crippen LogP contribution in [-0.2, 0) is 4.74 Å². The zero-order chi connectivity index (χ0) is 9.80. The van der Waals surface area contributed by atoms with Crippen molar-refractivity contribution >= 4 is 0 Å². The van der Waals surface area contributed by atoms with Crippen molar-refractivity contribution in [2.75, 3.05) is 6.61 Å². The molecule has 1 heterocycles. The standard InChI is InChI=1S/C12H23NO/c1-2-11(12-8-5-9-14-12)13-10-6-3-4-7-10/h10-13H,2-9H2,1H3. The van der Waals surface area contributed by atoms with Crippen molar-refractivity contribution in [3.63, 3.8) is 0 Å². The molecule has 2 heteroatoms. The summed E-state index contributed by atoms with van der Waals surface area (Å²) in [6, 6.07) is 1.39. The van der Waals surface area contributed by atoms with Gasteiger partial charge in [0.25, 0.3) is 0 Å². The number of hydrogen-bond acceptors (Lipinski definition) is 2. The van der Waals surface area contributed by atoms with Gasteiger partial charge in [-0.1, -0.05) is 19.8 Å². The lowest BCUT2D eigenvalue weighted by atomic mass is 10.0. The quantitative estimate of drug-likeness (QED) is 0.747. The lowest BCUT2D eigenvalue weighted by molar-refractivity contribution is 0.0730. The molecule has 2 nitrogen and oxygen atoms in total. The molecular formula is C12H23NO. The van der Waals surface area contributed by atoms with Crippen LogP contribution in [0.5, 0.6) is 0 Å². The van der Waals surface area contributed by atoms with E-state index in [1.807, 2.05) is 0 Å². The summed E-state index contributed by atoms with van der Waals surface area (Å²) < 4.78 is 5.75. The first-order chi connectivity index (χ1) is 6.90. The van der Waals surface area contributed by atoms with Crippen LogP contribution in [0.15, 0.2) is 0 Å². The normalized spacial score (nSPS) is 31.1. The van der Waals surface area contributed by atoms with E-state index in [9.17, 15) is 0 Å². The molecule has 0 amide bonds. The van der Waals surface area contributed by atoms with Gasteiger partial charge in [-0.15, -0.1) is 0 Å². The first-order valence-electron chi connectivity index (χ1n) is 6.28. The van der Waals surface area contributed by atoms with Crippen molar-refractivity contribution in [3.05, 3.63) is 0 Å². The summed E-state index contributed by atoms with van der Waals surface area (Å²) in [6.07, 6.45) is 9.82. The van der Waals surface area contributed by atoms with E-state index in [0.29, 0.717) is 12.1 Å². The summed E-state index contributed by atoms with van der Waals surface area (Å²) in [6.45, 7) is 3.25. The van der Waals surface area contributed by atoms with Gasteiger partial charge in [0.05, 0.1) is 6.10 Å². The molecule has 2 unspecified atom stereocenters. The summed E-state index contributed by atoms with van der Waals surface area (Å²) in [5.74, 6) is 0. The van der Waals surface area contributed by atoms with Gasteiger partial charge in [0, 0.05) is 18.7 Å². The lowest BCUT2D eigenvalue weighted by Gasteiger charge is -2.26. The minimum atomic E-state index is 0.501. The van der Waals surface area contributed by atoms with Gasteiger partial charge in [-0.2, -0.15) is 0 Å². The Balaban J connectivity index is 1.79. The maximum Gasteiger partial charge on any atom is 0.0728 e. The molecule has 0 spiro atoms. The Hall–Kier alpha value is -0.0800. The van der Waals surface area contributed by atoms with Crippen LogP contribution in [0.2, 0.25) is 0 Å². The maximum absolute atomic E-state index is 5.75. The number of rotatable bonds is 4. The van der Waals surface area contributed by atoms with Crippen LogP contribution in [0, 0.1) is 0 Å². The minimum absolute atomic E-state index is 0.501. The molecule has 1 saturated heterocycles. The van der Waals surface area contributed by atoms with Crippen molar-refractivity contribution in [1.82, 2.24) is 5.32 Å². The van der Waals surface area contributed by atoms with E-state index in [1.165, 1.54) is 44.9 Å². The van der Waals surface area contributed by atoms with Crippen LogP contribution < -0.4 is 5.32 Å². The second kappa shape index (κ2) is 5.13. The van der Waals surface area contributed by atoms with Gasteiger partial charge in [-0.05, 0) is 32.1 Å². The molecule has 0 aromatic carbocycles. The van der Waals surface area contributed by atoms with E-state index < -0.39 is 0 Å². The molecule has 82 valence electrons. The zero-order valence-corrected chi connectivity index (χ0v) is 9.30. The molecule has 0 aromatic heterocycles. The Kier molecular flexibility index (Phi) is 3.82. The Labute approximate surface area is 87.4 Å². The molecule has 1 aliphatic carbocycles. The number of ether oxygens (including phenoxy) is 1. The van der Waals surface area contributed by atoms with Crippen LogP contribution in [-0.4, -0.2) is 24.8 Å². The fourth-order valence-electron chi connectivity index (χ4n) is 2.80. The Morgan fingerprint density at radius 2 is 2.00 bits per heavy atom. The molecular weight excluding hydrogens is 174 g/mol. The van der Waals surface area contributed by atoms with Crippen LogP contribution in [0.3, 0.4) is 0 Å². The Morgan fingerprint density at radius 3 is 2.57 bits per heavy atom.